The SMILES string of the molecule is COCCC1CCN(C(=O)[C@H]2OCC(=O)N[C@@H]2c2ccccc2)CC1. The summed E-state index contributed by atoms with van der Waals surface area (Å²) in [7, 11) is 1.72. The van der Waals surface area contributed by atoms with E-state index >= 15 is 0 Å². The van der Waals surface area contributed by atoms with Gasteiger partial charge in [0, 0.05) is 26.8 Å². The van der Waals surface area contributed by atoms with E-state index < -0.39 is 12.1 Å². The van der Waals surface area contributed by atoms with Gasteiger partial charge in [-0.05, 0) is 30.7 Å². The topological polar surface area (TPSA) is 67.9 Å². The first-order valence-corrected chi connectivity index (χ1v) is 8.92. The fourth-order valence-electron chi connectivity index (χ4n) is 3.59. The van der Waals surface area contributed by atoms with Gasteiger partial charge in [0.2, 0.25) is 5.91 Å². The van der Waals surface area contributed by atoms with E-state index in [1.807, 2.05) is 35.2 Å². The minimum Gasteiger partial charge on any atom is -0.385 e. The number of ether oxygens (including phenoxy) is 2. The second kappa shape index (κ2) is 8.45. The molecule has 2 heterocycles. The average molecular weight is 346 g/mol. The predicted molar refractivity (Wildman–Crippen MR) is 92.9 cm³/mol. The monoisotopic (exact) mass is 346 g/mol. The quantitative estimate of drug-likeness (QED) is 0.878. The van der Waals surface area contributed by atoms with E-state index in [9.17, 15) is 9.59 Å². The highest BCUT2D eigenvalue weighted by Gasteiger charge is 2.39. The number of methoxy groups -OCH3 is 1. The van der Waals surface area contributed by atoms with Gasteiger partial charge in [0.1, 0.15) is 6.61 Å². The molecule has 0 aromatic heterocycles. The molecule has 0 saturated carbocycles. The van der Waals surface area contributed by atoms with E-state index in [-0.39, 0.29) is 18.4 Å². The van der Waals surface area contributed by atoms with Gasteiger partial charge < -0.3 is 19.7 Å². The van der Waals surface area contributed by atoms with E-state index in [1.54, 1.807) is 7.11 Å². The Hall–Kier alpha value is -1.92. The van der Waals surface area contributed by atoms with Crippen molar-refractivity contribution in [2.45, 2.75) is 31.4 Å². The number of hydrogen-bond donors (Lipinski definition) is 1. The number of carbonyl (C=O) groups is 2. The second-order valence-electron chi connectivity index (χ2n) is 6.74. The third kappa shape index (κ3) is 4.38. The van der Waals surface area contributed by atoms with Crippen molar-refractivity contribution in [3.63, 3.8) is 0 Å². The summed E-state index contributed by atoms with van der Waals surface area (Å²) in [6.07, 6.45) is 2.37. The van der Waals surface area contributed by atoms with Crippen LogP contribution in [0.15, 0.2) is 30.3 Å². The van der Waals surface area contributed by atoms with E-state index in [0.29, 0.717) is 5.92 Å². The van der Waals surface area contributed by atoms with Crippen molar-refractivity contribution in [2.24, 2.45) is 5.92 Å². The summed E-state index contributed by atoms with van der Waals surface area (Å²) >= 11 is 0. The van der Waals surface area contributed by atoms with E-state index in [4.69, 9.17) is 9.47 Å². The second-order valence-corrected chi connectivity index (χ2v) is 6.74. The van der Waals surface area contributed by atoms with Crippen molar-refractivity contribution < 1.29 is 19.1 Å². The maximum atomic E-state index is 13.0. The third-order valence-corrected chi connectivity index (χ3v) is 5.07. The maximum absolute atomic E-state index is 13.0. The molecule has 2 saturated heterocycles. The van der Waals surface area contributed by atoms with Crippen LogP contribution in [0.1, 0.15) is 30.9 Å². The smallest absolute Gasteiger partial charge is 0.254 e. The number of morpholine rings is 1. The zero-order valence-electron chi connectivity index (χ0n) is 14.6. The number of carbonyl (C=O) groups excluding carboxylic acids is 2. The molecule has 2 aliphatic heterocycles. The summed E-state index contributed by atoms with van der Waals surface area (Å²) < 4.78 is 10.8. The molecule has 2 amide bonds. The molecule has 0 spiro atoms. The molecule has 6 nitrogen and oxygen atoms in total. The molecular weight excluding hydrogens is 320 g/mol. The molecule has 136 valence electrons. The summed E-state index contributed by atoms with van der Waals surface area (Å²) in [5.74, 6) is 0.399. The van der Waals surface area contributed by atoms with Gasteiger partial charge in [-0.2, -0.15) is 0 Å². The minimum atomic E-state index is -0.657. The highest BCUT2D eigenvalue weighted by Crippen LogP contribution is 2.27. The van der Waals surface area contributed by atoms with Gasteiger partial charge in [0.05, 0.1) is 6.04 Å². The zero-order chi connectivity index (χ0) is 17.6. The number of benzene rings is 1. The van der Waals surface area contributed by atoms with Crippen LogP contribution in [0.4, 0.5) is 0 Å². The molecule has 1 aromatic rings. The number of likely N-dealkylation sites (tertiary alicyclic amines) is 1. The lowest BCUT2D eigenvalue weighted by Gasteiger charge is -2.38. The fraction of sp³-hybridized carbons (Fsp3) is 0.579. The molecule has 6 heteroatoms. The molecule has 0 unspecified atom stereocenters. The van der Waals surface area contributed by atoms with Crippen LogP contribution in [0.25, 0.3) is 0 Å². The van der Waals surface area contributed by atoms with Gasteiger partial charge in [-0.3, -0.25) is 9.59 Å². The number of hydrogen-bond acceptors (Lipinski definition) is 4. The van der Waals surface area contributed by atoms with Crippen molar-refractivity contribution in [3.8, 4) is 0 Å². The molecule has 2 aliphatic rings. The van der Waals surface area contributed by atoms with Crippen molar-refractivity contribution >= 4 is 11.8 Å². The lowest BCUT2D eigenvalue weighted by molar-refractivity contribution is -0.156. The number of nitrogens with zero attached hydrogens (tertiary/aromatic N) is 1. The van der Waals surface area contributed by atoms with Crippen molar-refractivity contribution in [1.82, 2.24) is 10.2 Å². The Bertz CT molecular complexity index is 584. The molecule has 2 atom stereocenters. The van der Waals surface area contributed by atoms with Gasteiger partial charge in [-0.25, -0.2) is 0 Å². The van der Waals surface area contributed by atoms with E-state index in [1.165, 1.54) is 0 Å². The predicted octanol–water partition coefficient (Wildman–Crippen LogP) is 1.52. The van der Waals surface area contributed by atoms with Crippen LogP contribution in [0, 0.1) is 5.92 Å². The first-order valence-electron chi connectivity index (χ1n) is 8.92. The Kier molecular flexibility index (Phi) is 6.04. The summed E-state index contributed by atoms with van der Waals surface area (Å²) in [6.45, 7) is 2.18. The van der Waals surface area contributed by atoms with E-state index in [2.05, 4.69) is 5.32 Å². The Morgan fingerprint density at radius 2 is 2.00 bits per heavy atom. The van der Waals surface area contributed by atoms with Crippen molar-refractivity contribution in [1.29, 1.82) is 0 Å². The van der Waals surface area contributed by atoms with Crippen LogP contribution < -0.4 is 5.32 Å². The Labute approximate surface area is 148 Å². The lowest BCUT2D eigenvalue weighted by Crippen LogP contribution is -2.54. The normalized spacial score (nSPS) is 24.8. The molecule has 0 bridgehead atoms. The van der Waals surface area contributed by atoms with Crippen LogP contribution in [0.2, 0.25) is 0 Å². The number of nitrogens with one attached hydrogen (secondary N) is 1. The zero-order valence-corrected chi connectivity index (χ0v) is 14.6. The van der Waals surface area contributed by atoms with Gasteiger partial charge in [-0.1, -0.05) is 30.3 Å². The molecular formula is C19H26N2O4. The van der Waals surface area contributed by atoms with Gasteiger partial charge >= 0.3 is 0 Å². The van der Waals surface area contributed by atoms with Gasteiger partial charge in [0.25, 0.3) is 5.91 Å². The van der Waals surface area contributed by atoms with Crippen molar-refractivity contribution in [3.05, 3.63) is 35.9 Å². The first kappa shape index (κ1) is 17.9. The third-order valence-electron chi connectivity index (χ3n) is 5.07. The largest absolute Gasteiger partial charge is 0.385 e. The standard InChI is InChI=1S/C19H26N2O4/c1-24-12-9-14-7-10-21(11-8-14)19(23)18-17(20-16(22)13-25-18)15-5-3-2-4-6-15/h2-6,14,17-18H,7-13H2,1H3,(H,20,22)/t17-,18+/m1/s1. The fourth-order valence-corrected chi connectivity index (χ4v) is 3.59. The number of amides is 2. The molecule has 0 aliphatic carbocycles. The number of piperidine rings is 1. The van der Waals surface area contributed by atoms with E-state index in [0.717, 1.165) is 44.5 Å². The average Bonchev–Trinajstić information content (AvgIpc) is 2.67. The van der Waals surface area contributed by atoms with Crippen LogP contribution in [0.3, 0.4) is 0 Å². The van der Waals surface area contributed by atoms with Crippen LogP contribution in [-0.2, 0) is 19.1 Å². The minimum absolute atomic E-state index is 0.0287. The molecule has 0 radical (unpaired) electrons. The highest BCUT2D eigenvalue weighted by molar-refractivity contribution is 5.86. The molecule has 1 aromatic carbocycles. The summed E-state index contributed by atoms with van der Waals surface area (Å²) in [6, 6.07) is 9.11. The summed E-state index contributed by atoms with van der Waals surface area (Å²) in [5.41, 5.74) is 0.892. The van der Waals surface area contributed by atoms with Gasteiger partial charge in [-0.15, -0.1) is 0 Å². The molecule has 25 heavy (non-hydrogen) atoms. The molecule has 2 fully saturated rings. The summed E-state index contributed by atoms with van der Waals surface area (Å²) in [5, 5.41) is 2.91. The van der Waals surface area contributed by atoms with Crippen LogP contribution in [-0.4, -0.2) is 56.2 Å². The maximum Gasteiger partial charge on any atom is 0.254 e. The Balaban J connectivity index is 1.65. The highest BCUT2D eigenvalue weighted by atomic mass is 16.5. The van der Waals surface area contributed by atoms with Gasteiger partial charge in [0.15, 0.2) is 6.10 Å². The first-order chi connectivity index (χ1) is 12.2. The lowest BCUT2D eigenvalue weighted by atomic mass is 9.92. The number of rotatable bonds is 5. The van der Waals surface area contributed by atoms with Crippen molar-refractivity contribution in [2.75, 3.05) is 33.4 Å². The van der Waals surface area contributed by atoms with Crippen LogP contribution in [0.5, 0.6) is 0 Å². The summed E-state index contributed by atoms with van der Waals surface area (Å²) in [4.78, 5) is 26.6. The Morgan fingerprint density at radius 1 is 1.28 bits per heavy atom. The van der Waals surface area contributed by atoms with Crippen LogP contribution >= 0.6 is 0 Å². The molecule has 1 N–H and O–H groups in total. The molecule has 3 rings (SSSR count). The Morgan fingerprint density at radius 3 is 2.68 bits per heavy atom.